The van der Waals surface area contributed by atoms with Crippen LogP contribution in [0.15, 0.2) is 30.3 Å². The number of hydrogen-bond donors (Lipinski definition) is 1. The molecular weight excluding hydrogens is 288 g/mol. The van der Waals surface area contributed by atoms with Crippen LogP contribution in [0.1, 0.15) is 36.5 Å². The third kappa shape index (κ3) is 4.96. The summed E-state index contributed by atoms with van der Waals surface area (Å²) in [5, 5.41) is 10.5. The molecule has 1 aromatic carbocycles. The number of aliphatic hydroxyl groups is 1. The van der Waals surface area contributed by atoms with Gasteiger partial charge in [0, 0.05) is 12.0 Å². The first-order valence-electron chi connectivity index (χ1n) is 6.97. The molecule has 0 heterocycles. The summed E-state index contributed by atoms with van der Waals surface area (Å²) in [7, 11) is 1.21. The lowest BCUT2D eigenvalue weighted by atomic mass is 9.89. The van der Waals surface area contributed by atoms with Crippen LogP contribution in [-0.2, 0) is 19.1 Å². The summed E-state index contributed by atoms with van der Waals surface area (Å²) in [6.45, 7) is 1.66. The van der Waals surface area contributed by atoms with E-state index < -0.39 is 29.7 Å². The van der Waals surface area contributed by atoms with E-state index in [-0.39, 0.29) is 19.4 Å². The highest BCUT2D eigenvalue weighted by Crippen LogP contribution is 2.23. The highest BCUT2D eigenvalue weighted by molar-refractivity contribution is 5.99. The third-order valence-electron chi connectivity index (χ3n) is 3.17. The molecule has 0 unspecified atom stereocenters. The van der Waals surface area contributed by atoms with Gasteiger partial charge in [-0.1, -0.05) is 30.3 Å². The topological polar surface area (TPSA) is 89.9 Å². The summed E-state index contributed by atoms with van der Waals surface area (Å²) in [5.41, 5.74) is -1.67. The zero-order valence-corrected chi connectivity index (χ0v) is 12.7. The lowest BCUT2D eigenvalue weighted by molar-refractivity contribution is -0.166. The Hall–Kier alpha value is -2.21. The second kappa shape index (κ2) is 8.29. The van der Waals surface area contributed by atoms with E-state index in [0.29, 0.717) is 5.56 Å². The molecule has 120 valence electrons. The Morgan fingerprint density at radius 2 is 1.82 bits per heavy atom. The number of Topliss-reactive ketones (excluding diaryl/α,β-unsaturated/α-hetero) is 1. The molecule has 0 radical (unpaired) electrons. The smallest absolute Gasteiger partial charge is 0.338 e. The van der Waals surface area contributed by atoms with Crippen molar-refractivity contribution in [3.05, 3.63) is 35.9 Å². The van der Waals surface area contributed by atoms with Crippen LogP contribution >= 0.6 is 0 Å². The molecule has 1 N–H and O–H groups in total. The van der Waals surface area contributed by atoms with Gasteiger partial charge in [0.15, 0.2) is 11.4 Å². The number of carbonyl (C=O) groups excluding carboxylic acids is 3. The zero-order valence-electron chi connectivity index (χ0n) is 12.7. The van der Waals surface area contributed by atoms with Gasteiger partial charge in [-0.2, -0.15) is 0 Å². The van der Waals surface area contributed by atoms with Gasteiger partial charge in [0.05, 0.1) is 20.1 Å². The van der Waals surface area contributed by atoms with Crippen molar-refractivity contribution in [1.82, 2.24) is 0 Å². The molecule has 0 aromatic heterocycles. The van der Waals surface area contributed by atoms with E-state index >= 15 is 0 Å². The minimum Gasteiger partial charge on any atom is -0.469 e. The van der Waals surface area contributed by atoms with Crippen molar-refractivity contribution in [3.63, 3.8) is 0 Å². The van der Waals surface area contributed by atoms with E-state index in [1.54, 1.807) is 37.3 Å². The van der Waals surface area contributed by atoms with Crippen LogP contribution < -0.4 is 0 Å². The van der Waals surface area contributed by atoms with Crippen LogP contribution in [0, 0.1) is 0 Å². The Labute approximate surface area is 129 Å². The average Bonchev–Trinajstić information content (AvgIpc) is 2.53. The lowest BCUT2D eigenvalue weighted by Crippen LogP contribution is -2.42. The molecule has 1 rings (SSSR count). The molecule has 0 saturated heterocycles. The highest BCUT2D eigenvalue weighted by atomic mass is 16.5. The number of esters is 2. The molecular formula is C16H20O6. The highest BCUT2D eigenvalue weighted by Gasteiger charge is 2.40. The molecule has 0 saturated carbocycles. The van der Waals surface area contributed by atoms with Crippen molar-refractivity contribution in [2.24, 2.45) is 0 Å². The minimum atomic E-state index is -2.04. The fourth-order valence-corrected chi connectivity index (χ4v) is 1.93. The standard InChI is InChI=1S/C16H20O6/c1-3-22-15(19)16(20,10-9-14(18)21-2)11-13(17)12-7-5-4-6-8-12/h4-8,20H,3,9-11H2,1-2H3/t16-/m1/s1. The number of ether oxygens (including phenoxy) is 2. The van der Waals surface area contributed by atoms with E-state index in [1.807, 2.05) is 0 Å². The second-order valence-corrected chi connectivity index (χ2v) is 4.79. The van der Waals surface area contributed by atoms with E-state index in [0.717, 1.165) is 0 Å². The molecule has 0 amide bonds. The van der Waals surface area contributed by atoms with Crippen molar-refractivity contribution in [3.8, 4) is 0 Å². The van der Waals surface area contributed by atoms with Gasteiger partial charge >= 0.3 is 11.9 Å². The Morgan fingerprint density at radius 3 is 2.36 bits per heavy atom. The van der Waals surface area contributed by atoms with E-state index in [2.05, 4.69) is 4.74 Å². The van der Waals surface area contributed by atoms with Crippen LogP contribution in [0.4, 0.5) is 0 Å². The molecule has 0 aliphatic heterocycles. The molecule has 22 heavy (non-hydrogen) atoms. The molecule has 0 bridgehead atoms. The van der Waals surface area contributed by atoms with E-state index in [4.69, 9.17) is 4.74 Å². The first-order valence-corrected chi connectivity index (χ1v) is 6.97. The fraction of sp³-hybridized carbons (Fsp3) is 0.438. The Bertz CT molecular complexity index is 525. The number of benzene rings is 1. The van der Waals surface area contributed by atoms with Crippen LogP contribution in [-0.4, -0.2) is 42.1 Å². The van der Waals surface area contributed by atoms with Gasteiger partial charge in [-0.25, -0.2) is 4.79 Å². The first kappa shape index (κ1) is 17.8. The van der Waals surface area contributed by atoms with Gasteiger partial charge in [0.2, 0.25) is 0 Å². The first-order chi connectivity index (χ1) is 10.4. The predicted octanol–water partition coefficient (Wildman–Crippen LogP) is 1.51. The molecule has 0 fully saturated rings. The Morgan fingerprint density at radius 1 is 1.18 bits per heavy atom. The lowest BCUT2D eigenvalue weighted by Gasteiger charge is -2.24. The largest absolute Gasteiger partial charge is 0.469 e. The summed E-state index contributed by atoms with van der Waals surface area (Å²) in [5.74, 6) is -1.89. The van der Waals surface area contributed by atoms with Gasteiger partial charge in [0.1, 0.15) is 0 Å². The summed E-state index contributed by atoms with van der Waals surface area (Å²) < 4.78 is 9.30. The third-order valence-corrected chi connectivity index (χ3v) is 3.17. The Kier molecular flexibility index (Phi) is 6.72. The van der Waals surface area contributed by atoms with Gasteiger partial charge in [-0.15, -0.1) is 0 Å². The summed E-state index contributed by atoms with van der Waals surface area (Å²) in [6.07, 6.45) is -0.877. The zero-order chi connectivity index (χ0) is 16.6. The van der Waals surface area contributed by atoms with Crippen LogP contribution in [0.2, 0.25) is 0 Å². The SMILES string of the molecule is CCOC(=O)[C@@](O)(CCC(=O)OC)CC(=O)c1ccccc1. The molecule has 1 aromatic rings. The number of methoxy groups -OCH3 is 1. The maximum absolute atomic E-state index is 12.2. The van der Waals surface area contributed by atoms with Crippen molar-refractivity contribution < 1.29 is 29.0 Å². The number of ketones is 1. The van der Waals surface area contributed by atoms with Crippen molar-refractivity contribution in [2.75, 3.05) is 13.7 Å². The summed E-state index contributed by atoms with van der Waals surface area (Å²) in [4.78, 5) is 35.4. The van der Waals surface area contributed by atoms with Crippen molar-refractivity contribution >= 4 is 17.7 Å². The molecule has 0 aliphatic carbocycles. The molecule has 6 nitrogen and oxygen atoms in total. The van der Waals surface area contributed by atoms with Crippen molar-refractivity contribution in [2.45, 2.75) is 31.8 Å². The van der Waals surface area contributed by atoms with Gasteiger partial charge < -0.3 is 14.6 Å². The van der Waals surface area contributed by atoms with E-state index in [1.165, 1.54) is 7.11 Å². The maximum atomic E-state index is 12.2. The summed E-state index contributed by atoms with van der Waals surface area (Å²) in [6, 6.07) is 8.31. The normalized spacial score (nSPS) is 13.0. The quantitative estimate of drug-likeness (QED) is 0.578. The molecule has 0 aliphatic rings. The number of carbonyl (C=O) groups is 3. The van der Waals surface area contributed by atoms with E-state index in [9.17, 15) is 19.5 Å². The number of rotatable bonds is 8. The summed E-state index contributed by atoms with van der Waals surface area (Å²) >= 11 is 0. The second-order valence-electron chi connectivity index (χ2n) is 4.79. The van der Waals surface area contributed by atoms with Gasteiger partial charge in [0.25, 0.3) is 0 Å². The van der Waals surface area contributed by atoms with Crippen LogP contribution in [0.25, 0.3) is 0 Å². The monoisotopic (exact) mass is 308 g/mol. The molecule has 6 heteroatoms. The Balaban J connectivity index is 2.87. The van der Waals surface area contributed by atoms with Crippen LogP contribution in [0.3, 0.4) is 0 Å². The molecule has 0 spiro atoms. The van der Waals surface area contributed by atoms with Gasteiger partial charge in [-0.05, 0) is 13.3 Å². The van der Waals surface area contributed by atoms with Gasteiger partial charge in [-0.3, -0.25) is 9.59 Å². The van der Waals surface area contributed by atoms with Crippen molar-refractivity contribution in [1.29, 1.82) is 0 Å². The molecule has 1 atom stereocenters. The average molecular weight is 308 g/mol. The fourth-order valence-electron chi connectivity index (χ4n) is 1.93. The van der Waals surface area contributed by atoms with Crippen LogP contribution in [0.5, 0.6) is 0 Å². The maximum Gasteiger partial charge on any atom is 0.338 e. The minimum absolute atomic E-state index is 0.0683. The number of hydrogen-bond acceptors (Lipinski definition) is 6. The predicted molar refractivity (Wildman–Crippen MR) is 78.2 cm³/mol.